The molecule has 0 saturated heterocycles. The number of hydrogen-bond acceptors (Lipinski definition) is 3. The number of carboxylic acids is 1. The smallest absolute Gasteiger partial charge is 0.317 e. The number of nitrogens with zero attached hydrogens (tertiary/aromatic N) is 1. The molecule has 0 aliphatic heterocycles. The van der Waals surface area contributed by atoms with Gasteiger partial charge in [0.25, 0.3) is 0 Å². The second kappa shape index (κ2) is 7.99. The first-order valence-electron chi connectivity index (χ1n) is 6.87. The van der Waals surface area contributed by atoms with E-state index in [2.05, 4.69) is 5.32 Å². The summed E-state index contributed by atoms with van der Waals surface area (Å²) in [5.41, 5.74) is 0. The van der Waals surface area contributed by atoms with Crippen molar-refractivity contribution in [1.29, 1.82) is 0 Å². The molecule has 19 heavy (non-hydrogen) atoms. The van der Waals surface area contributed by atoms with E-state index in [-0.39, 0.29) is 18.6 Å². The van der Waals surface area contributed by atoms with Crippen LogP contribution in [0, 0.1) is 11.8 Å². The highest BCUT2D eigenvalue weighted by molar-refractivity contribution is 5.73. The van der Waals surface area contributed by atoms with E-state index >= 15 is 0 Å². The summed E-state index contributed by atoms with van der Waals surface area (Å²) in [5, 5.41) is 20.5. The maximum atomic E-state index is 11.7. The van der Waals surface area contributed by atoms with Gasteiger partial charge in [0.1, 0.15) is 0 Å². The monoisotopic (exact) mass is 272 g/mol. The molecule has 0 aromatic heterocycles. The first-order valence-corrected chi connectivity index (χ1v) is 6.87. The molecule has 1 aliphatic rings. The van der Waals surface area contributed by atoms with Crippen molar-refractivity contribution < 1.29 is 19.8 Å². The van der Waals surface area contributed by atoms with Crippen LogP contribution in [0.5, 0.6) is 0 Å². The summed E-state index contributed by atoms with van der Waals surface area (Å²) < 4.78 is 0. The molecule has 110 valence electrons. The van der Waals surface area contributed by atoms with Crippen LogP contribution in [-0.2, 0) is 4.79 Å². The van der Waals surface area contributed by atoms with E-state index < -0.39 is 5.97 Å². The molecule has 2 amide bonds. The fraction of sp³-hybridized carbons (Fsp3) is 0.846. The van der Waals surface area contributed by atoms with E-state index in [1.165, 1.54) is 0 Å². The highest BCUT2D eigenvalue weighted by Gasteiger charge is 2.26. The largest absolute Gasteiger partial charge is 0.481 e. The van der Waals surface area contributed by atoms with Gasteiger partial charge in [0.15, 0.2) is 0 Å². The van der Waals surface area contributed by atoms with Crippen LogP contribution >= 0.6 is 0 Å². The van der Waals surface area contributed by atoms with Crippen LogP contribution in [-0.4, -0.2) is 53.9 Å². The summed E-state index contributed by atoms with van der Waals surface area (Å²) in [6.07, 6.45) is 3.70. The first-order chi connectivity index (χ1) is 9.04. The van der Waals surface area contributed by atoms with E-state index in [0.29, 0.717) is 38.3 Å². The standard InChI is InChI=1S/C13H24N2O4/c1-15(7-2-8-16)13(19)14-9-10-3-5-11(6-4-10)12(17)18/h10-11,16H,2-9H2,1H3,(H,14,19)(H,17,18). The molecule has 1 fully saturated rings. The number of urea groups is 1. The number of aliphatic hydroxyl groups is 1. The molecule has 0 aromatic carbocycles. The van der Waals surface area contributed by atoms with Crippen molar-refractivity contribution in [3.8, 4) is 0 Å². The molecule has 6 nitrogen and oxygen atoms in total. The van der Waals surface area contributed by atoms with Crippen LogP contribution in [0.25, 0.3) is 0 Å². The van der Waals surface area contributed by atoms with Crippen LogP contribution < -0.4 is 5.32 Å². The SMILES string of the molecule is CN(CCCO)C(=O)NCC1CCC(C(=O)O)CC1. The molecule has 1 rings (SSSR count). The molecule has 0 spiro atoms. The van der Waals surface area contributed by atoms with Gasteiger partial charge in [0, 0.05) is 26.7 Å². The molecular formula is C13H24N2O4. The Kier molecular flexibility index (Phi) is 6.62. The lowest BCUT2D eigenvalue weighted by Gasteiger charge is -2.27. The van der Waals surface area contributed by atoms with E-state index in [1.54, 1.807) is 11.9 Å². The van der Waals surface area contributed by atoms with Gasteiger partial charge < -0.3 is 20.4 Å². The predicted octanol–water partition coefficient (Wildman–Crippen LogP) is 0.901. The van der Waals surface area contributed by atoms with Gasteiger partial charge in [-0.3, -0.25) is 4.79 Å². The van der Waals surface area contributed by atoms with Crippen LogP contribution in [0.3, 0.4) is 0 Å². The first kappa shape index (κ1) is 15.8. The zero-order valence-corrected chi connectivity index (χ0v) is 11.5. The number of nitrogens with one attached hydrogen (secondary N) is 1. The maximum Gasteiger partial charge on any atom is 0.317 e. The minimum Gasteiger partial charge on any atom is -0.481 e. The Bertz CT molecular complexity index is 301. The number of amides is 2. The summed E-state index contributed by atoms with van der Waals surface area (Å²) in [7, 11) is 1.70. The van der Waals surface area contributed by atoms with Gasteiger partial charge in [-0.05, 0) is 38.0 Å². The zero-order valence-electron chi connectivity index (χ0n) is 11.5. The van der Waals surface area contributed by atoms with E-state index in [9.17, 15) is 9.59 Å². The van der Waals surface area contributed by atoms with Crippen molar-refractivity contribution in [2.24, 2.45) is 11.8 Å². The van der Waals surface area contributed by atoms with Crippen molar-refractivity contribution >= 4 is 12.0 Å². The van der Waals surface area contributed by atoms with Gasteiger partial charge in [0.05, 0.1) is 5.92 Å². The topological polar surface area (TPSA) is 89.9 Å². The predicted molar refractivity (Wildman–Crippen MR) is 70.8 cm³/mol. The third-order valence-electron chi connectivity index (χ3n) is 3.74. The van der Waals surface area contributed by atoms with Crippen LogP contribution in [0.4, 0.5) is 4.79 Å². The summed E-state index contributed by atoms with van der Waals surface area (Å²) in [5.74, 6) is -0.531. The van der Waals surface area contributed by atoms with Crippen molar-refractivity contribution in [1.82, 2.24) is 10.2 Å². The van der Waals surface area contributed by atoms with Crippen LogP contribution in [0.15, 0.2) is 0 Å². The molecule has 0 aromatic rings. The third-order valence-corrected chi connectivity index (χ3v) is 3.74. The summed E-state index contributed by atoms with van der Waals surface area (Å²) >= 11 is 0. The molecule has 0 bridgehead atoms. The van der Waals surface area contributed by atoms with Gasteiger partial charge in [-0.25, -0.2) is 4.79 Å². The van der Waals surface area contributed by atoms with Crippen molar-refractivity contribution in [2.45, 2.75) is 32.1 Å². The Morgan fingerprint density at radius 3 is 2.42 bits per heavy atom. The Labute approximate surface area is 113 Å². The molecule has 0 heterocycles. The molecule has 0 atom stereocenters. The molecule has 0 unspecified atom stereocenters. The van der Waals surface area contributed by atoms with E-state index in [4.69, 9.17) is 10.2 Å². The van der Waals surface area contributed by atoms with Crippen molar-refractivity contribution in [2.75, 3.05) is 26.7 Å². The lowest BCUT2D eigenvalue weighted by Crippen LogP contribution is -2.41. The number of carbonyl (C=O) groups excluding carboxylic acids is 1. The van der Waals surface area contributed by atoms with Crippen molar-refractivity contribution in [3.63, 3.8) is 0 Å². The fourth-order valence-corrected chi connectivity index (χ4v) is 2.39. The Morgan fingerprint density at radius 1 is 1.26 bits per heavy atom. The number of carbonyl (C=O) groups is 2. The second-order valence-corrected chi connectivity index (χ2v) is 5.24. The number of rotatable bonds is 6. The van der Waals surface area contributed by atoms with Crippen molar-refractivity contribution in [3.05, 3.63) is 0 Å². The van der Waals surface area contributed by atoms with Crippen LogP contribution in [0.1, 0.15) is 32.1 Å². The Hall–Kier alpha value is -1.30. The van der Waals surface area contributed by atoms with Gasteiger partial charge in [0.2, 0.25) is 0 Å². The van der Waals surface area contributed by atoms with Gasteiger partial charge in [-0.15, -0.1) is 0 Å². The minimum atomic E-state index is -0.703. The van der Waals surface area contributed by atoms with Gasteiger partial charge in [-0.1, -0.05) is 0 Å². The quantitative estimate of drug-likeness (QED) is 0.670. The number of aliphatic carboxylic acids is 1. The normalized spacial score (nSPS) is 22.8. The average Bonchev–Trinajstić information content (AvgIpc) is 2.42. The van der Waals surface area contributed by atoms with E-state index in [0.717, 1.165) is 12.8 Å². The zero-order chi connectivity index (χ0) is 14.3. The fourth-order valence-electron chi connectivity index (χ4n) is 2.39. The molecule has 1 aliphatic carbocycles. The molecule has 3 N–H and O–H groups in total. The maximum absolute atomic E-state index is 11.7. The summed E-state index contributed by atoms with van der Waals surface area (Å²) in [6, 6.07) is -0.131. The molecular weight excluding hydrogens is 248 g/mol. The Morgan fingerprint density at radius 2 is 1.89 bits per heavy atom. The summed E-state index contributed by atoms with van der Waals surface area (Å²) in [6.45, 7) is 1.22. The Balaban J connectivity index is 2.19. The lowest BCUT2D eigenvalue weighted by molar-refractivity contribution is -0.143. The molecule has 6 heteroatoms. The number of hydrogen-bond donors (Lipinski definition) is 3. The average molecular weight is 272 g/mol. The molecule has 1 saturated carbocycles. The highest BCUT2D eigenvalue weighted by Crippen LogP contribution is 2.28. The summed E-state index contributed by atoms with van der Waals surface area (Å²) in [4.78, 5) is 24.1. The van der Waals surface area contributed by atoms with Gasteiger partial charge >= 0.3 is 12.0 Å². The lowest BCUT2D eigenvalue weighted by atomic mass is 9.82. The van der Waals surface area contributed by atoms with Crippen LogP contribution in [0.2, 0.25) is 0 Å². The number of aliphatic hydroxyl groups excluding tert-OH is 1. The number of carboxylic acid groups (broad SMARTS) is 1. The van der Waals surface area contributed by atoms with Gasteiger partial charge in [-0.2, -0.15) is 0 Å². The van der Waals surface area contributed by atoms with E-state index in [1.807, 2.05) is 0 Å². The minimum absolute atomic E-state index is 0.0802. The third kappa shape index (κ3) is 5.46. The highest BCUT2D eigenvalue weighted by atomic mass is 16.4. The molecule has 0 radical (unpaired) electrons. The second-order valence-electron chi connectivity index (χ2n) is 5.24.